The highest BCUT2D eigenvalue weighted by molar-refractivity contribution is 5.06. The summed E-state index contributed by atoms with van der Waals surface area (Å²) >= 11 is 0. The van der Waals surface area contributed by atoms with Gasteiger partial charge in [-0.3, -0.25) is 0 Å². The zero-order valence-corrected chi connectivity index (χ0v) is 9.07. The Morgan fingerprint density at radius 1 is 1.43 bits per heavy atom. The molecule has 2 rings (SSSR count). The molecule has 1 heterocycles. The predicted octanol–water partition coefficient (Wildman–Crippen LogP) is 0.900. The molecule has 14 heavy (non-hydrogen) atoms. The first kappa shape index (κ1) is 10.4. The minimum Gasteiger partial charge on any atom is -0.393 e. The van der Waals surface area contributed by atoms with E-state index in [2.05, 4.69) is 0 Å². The third kappa shape index (κ3) is 1.58. The number of hydrogen-bond acceptors (Lipinski definition) is 3. The lowest BCUT2D eigenvalue weighted by molar-refractivity contribution is 0.0120. The minimum absolute atomic E-state index is 0.121. The van der Waals surface area contributed by atoms with Crippen LogP contribution in [0.2, 0.25) is 0 Å². The van der Waals surface area contributed by atoms with Crippen LogP contribution in [0.4, 0.5) is 0 Å². The van der Waals surface area contributed by atoms with E-state index < -0.39 is 0 Å². The summed E-state index contributed by atoms with van der Waals surface area (Å²) in [5.74, 6) is 0.777. The van der Waals surface area contributed by atoms with E-state index in [4.69, 9.17) is 10.5 Å². The molecule has 4 atom stereocenters. The van der Waals surface area contributed by atoms with Crippen molar-refractivity contribution in [3.8, 4) is 0 Å². The van der Waals surface area contributed by atoms with Crippen LogP contribution in [0.1, 0.15) is 33.1 Å². The second-order valence-corrected chi connectivity index (χ2v) is 5.02. The molecular formula is C11H21NO2. The second kappa shape index (κ2) is 3.47. The summed E-state index contributed by atoms with van der Waals surface area (Å²) in [6, 6.07) is 0. The summed E-state index contributed by atoms with van der Waals surface area (Å²) in [5, 5.41) is 9.63. The Morgan fingerprint density at radius 3 is 2.57 bits per heavy atom. The lowest BCUT2D eigenvalue weighted by Gasteiger charge is -2.37. The van der Waals surface area contributed by atoms with Crippen molar-refractivity contribution in [3.05, 3.63) is 0 Å². The molecule has 2 aliphatic rings. The van der Waals surface area contributed by atoms with Crippen LogP contribution in [0.3, 0.4) is 0 Å². The van der Waals surface area contributed by atoms with Crippen LogP contribution < -0.4 is 5.73 Å². The van der Waals surface area contributed by atoms with Crippen molar-refractivity contribution in [2.45, 2.75) is 50.9 Å². The topological polar surface area (TPSA) is 55.5 Å². The maximum atomic E-state index is 9.63. The fourth-order valence-electron chi connectivity index (χ4n) is 2.57. The van der Waals surface area contributed by atoms with Crippen LogP contribution in [0.5, 0.6) is 0 Å². The molecule has 3 N–H and O–H groups in total. The van der Waals surface area contributed by atoms with E-state index in [0.29, 0.717) is 5.92 Å². The first-order valence-corrected chi connectivity index (χ1v) is 5.64. The molecule has 4 unspecified atom stereocenters. The second-order valence-electron chi connectivity index (χ2n) is 5.02. The van der Waals surface area contributed by atoms with Crippen LogP contribution in [-0.2, 0) is 4.74 Å². The van der Waals surface area contributed by atoms with Crippen molar-refractivity contribution in [1.82, 2.24) is 0 Å². The first-order chi connectivity index (χ1) is 6.55. The van der Waals surface area contributed by atoms with Crippen molar-refractivity contribution in [3.63, 3.8) is 0 Å². The smallest absolute Gasteiger partial charge is 0.0786 e. The van der Waals surface area contributed by atoms with E-state index in [0.717, 1.165) is 13.0 Å². The van der Waals surface area contributed by atoms with Gasteiger partial charge in [-0.15, -0.1) is 0 Å². The fraction of sp³-hybridized carbons (Fsp3) is 1.00. The van der Waals surface area contributed by atoms with Crippen LogP contribution in [0, 0.1) is 11.8 Å². The maximum absolute atomic E-state index is 9.63. The Morgan fingerprint density at radius 2 is 2.07 bits per heavy atom. The third-order valence-electron chi connectivity index (χ3n) is 3.98. The van der Waals surface area contributed by atoms with Gasteiger partial charge >= 0.3 is 0 Å². The zero-order valence-electron chi connectivity index (χ0n) is 9.07. The van der Waals surface area contributed by atoms with Crippen molar-refractivity contribution >= 4 is 0 Å². The molecule has 0 bridgehead atoms. The molecule has 82 valence electrons. The third-order valence-corrected chi connectivity index (χ3v) is 3.98. The predicted molar refractivity (Wildman–Crippen MR) is 54.8 cm³/mol. The van der Waals surface area contributed by atoms with Gasteiger partial charge in [0, 0.05) is 18.1 Å². The number of aliphatic hydroxyl groups excluding tert-OH is 1. The van der Waals surface area contributed by atoms with Gasteiger partial charge in [-0.2, -0.15) is 0 Å². The summed E-state index contributed by atoms with van der Waals surface area (Å²) in [6.45, 7) is 4.62. The van der Waals surface area contributed by atoms with Crippen LogP contribution >= 0.6 is 0 Å². The molecule has 1 aliphatic carbocycles. The summed E-state index contributed by atoms with van der Waals surface area (Å²) < 4.78 is 5.73. The average Bonchev–Trinajstić information content (AvgIpc) is 2.89. The molecule has 0 radical (unpaired) electrons. The quantitative estimate of drug-likeness (QED) is 0.710. The lowest BCUT2D eigenvalue weighted by atomic mass is 9.76. The standard InChI is InChI=1S/C11H21NO2/c1-7(8(2)13)11(12)5-6-14-10(11)9-3-4-9/h7-10,13H,3-6,12H2,1-2H3. The molecule has 1 saturated carbocycles. The Hall–Kier alpha value is -0.120. The van der Waals surface area contributed by atoms with E-state index in [1.165, 1.54) is 12.8 Å². The Balaban J connectivity index is 2.11. The highest BCUT2D eigenvalue weighted by atomic mass is 16.5. The summed E-state index contributed by atoms with van der Waals surface area (Å²) in [4.78, 5) is 0. The fourth-order valence-corrected chi connectivity index (χ4v) is 2.57. The minimum atomic E-state index is -0.344. The van der Waals surface area contributed by atoms with Gasteiger partial charge in [0.25, 0.3) is 0 Å². The average molecular weight is 199 g/mol. The van der Waals surface area contributed by atoms with Gasteiger partial charge < -0.3 is 15.6 Å². The molecule has 3 nitrogen and oxygen atoms in total. The van der Waals surface area contributed by atoms with Gasteiger partial charge in [0.15, 0.2) is 0 Å². The van der Waals surface area contributed by atoms with Gasteiger partial charge in [0.1, 0.15) is 0 Å². The van der Waals surface area contributed by atoms with Gasteiger partial charge in [0.05, 0.1) is 12.2 Å². The van der Waals surface area contributed by atoms with Crippen molar-refractivity contribution in [2.75, 3.05) is 6.61 Å². The Kier molecular flexibility index (Phi) is 2.58. The van der Waals surface area contributed by atoms with Gasteiger partial charge in [-0.05, 0) is 32.1 Å². The molecule has 0 aromatic carbocycles. The number of nitrogens with two attached hydrogens (primary N) is 1. The van der Waals surface area contributed by atoms with Crippen molar-refractivity contribution < 1.29 is 9.84 Å². The maximum Gasteiger partial charge on any atom is 0.0786 e. The van der Waals surface area contributed by atoms with E-state index in [9.17, 15) is 5.11 Å². The van der Waals surface area contributed by atoms with Crippen LogP contribution in [0.15, 0.2) is 0 Å². The molecule has 1 aliphatic heterocycles. The SMILES string of the molecule is CC(O)C(C)C1(N)CCOC1C1CC1. The first-order valence-electron chi connectivity index (χ1n) is 5.64. The summed E-state index contributed by atoms with van der Waals surface area (Å²) in [6.07, 6.45) is 3.22. The van der Waals surface area contributed by atoms with Crippen molar-refractivity contribution in [1.29, 1.82) is 0 Å². The Labute approximate surface area is 85.6 Å². The van der Waals surface area contributed by atoms with Crippen molar-refractivity contribution in [2.24, 2.45) is 17.6 Å². The zero-order chi connectivity index (χ0) is 10.3. The molecule has 0 spiro atoms. The number of hydrogen-bond donors (Lipinski definition) is 2. The molecule has 3 heteroatoms. The number of rotatable bonds is 3. The molecule has 0 aromatic rings. The largest absolute Gasteiger partial charge is 0.393 e. The van der Waals surface area contributed by atoms with E-state index in [-0.39, 0.29) is 23.7 Å². The Bertz CT molecular complexity index is 215. The number of aliphatic hydroxyl groups is 1. The molecular weight excluding hydrogens is 178 g/mol. The lowest BCUT2D eigenvalue weighted by Crippen LogP contribution is -2.56. The van der Waals surface area contributed by atoms with E-state index in [1.54, 1.807) is 0 Å². The van der Waals surface area contributed by atoms with Gasteiger partial charge in [-0.1, -0.05) is 6.92 Å². The summed E-state index contributed by atoms with van der Waals surface area (Å²) in [5.41, 5.74) is 6.11. The highest BCUT2D eigenvalue weighted by Gasteiger charge is 2.52. The van der Waals surface area contributed by atoms with E-state index in [1.807, 2.05) is 13.8 Å². The normalized spacial score (nSPS) is 42.4. The number of ether oxygens (including phenoxy) is 1. The monoisotopic (exact) mass is 199 g/mol. The van der Waals surface area contributed by atoms with Gasteiger partial charge in [-0.25, -0.2) is 0 Å². The van der Waals surface area contributed by atoms with E-state index >= 15 is 0 Å². The highest BCUT2D eigenvalue weighted by Crippen LogP contribution is 2.45. The molecule has 1 saturated heterocycles. The molecule has 2 fully saturated rings. The van der Waals surface area contributed by atoms with Gasteiger partial charge in [0.2, 0.25) is 0 Å². The van der Waals surface area contributed by atoms with Crippen LogP contribution in [-0.4, -0.2) is 29.5 Å². The van der Waals surface area contributed by atoms with Crippen LogP contribution in [0.25, 0.3) is 0 Å². The summed E-state index contributed by atoms with van der Waals surface area (Å²) in [7, 11) is 0. The molecule has 0 aromatic heterocycles. The molecule has 0 amide bonds.